The number of carbonyl (C=O) groups is 2. The van der Waals surface area contributed by atoms with Crippen LogP contribution in [0.2, 0.25) is 0 Å². The monoisotopic (exact) mass is 596 g/mol. The van der Waals surface area contributed by atoms with Gasteiger partial charge in [0, 0.05) is 12.0 Å². The van der Waals surface area contributed by atoms with Crippen LogP contribution in [0, 0.1) is 6.92 Å². The molecule has 1 aliphatic heterocycles. The van der Waals surface area contributed by atoms with Gasteiger partial charge in [-0.25, -0.2) is 0 Å². The Hall–Kier alpha value is -3.14. The third-order valence-electron chi connectivity index (χ3n) is 5.43. The van der Waals surface area contributed by atoms with Crippen molar-refractivity contribution in [2.45, 2.75) is 20.3 Å². The van der Waals surface area contributed by atoms with E-state index in [2.05, 4.69) is 33.5 Å². The fraction of sp³-hybridized carbons (Fsp3) is 0.179. The number of halogens is 1. The minimum atomic E-state index is -0.407. The number of carbonyl (C=O) groups excluding carboxylic acids is 2. The number of benzene rings is 3. The largest absolute Gasteiger partial charge is 0.490 e. The summed E-state index contributed by atoms with van der Waals surface area (Å²) in [5, 5.41) is 1.10. The van der Waals surface area contributed by atoms with Crippen LogP contribution in [0.5, 0.6) is 11.5 Å². The van der Waals surface area contributed by atoms with E-state index < -0.39 is 11.8 Å². The summed E-state index contributed by atoms with van der Waals surface area (Å²) in [7, 11) is 0. The molecular formula is C28H25BrN2O4S2. The molecule has 4 rings (SSSR count). The number of nitrogens with one attached hydrogen (secondary N) is 1. The second kappa shape index (κ2) is 12.4. The quantitative estimate of drug-likeness (QED) is 0.230. The first-order valence-electron chi connectivity index (χ1n) is 11.6. The summed E-state index contributed by atoms with van der Waals surface area (Å²) in [5.74, 6) is 0.371. The van der Waals surface area contributed by atoms with Gasteiger partial charge in [0.2, 0.25) is 0 Å². The number of nitrogens with zero attached hydrogens (tertiary/aromatic N) is 1. The van der Waals surface area contributed by atoms with E-state index >= 15 is 0 Å². The van der Waals surface area contributed by atoms with E-state index in [1.54, 1.807) is 18.2 Å². The number of thiocarbonyl (C=S) groups is 1. The average molecular weight is 598 g/mol. The minimum Gasteiger partial charge on any atom is -0.490 e. The molecule has 37 heavy (non-hydrogen) atoms. The molecule has 0 atom stereocenters. The summed E-state index contributed by atoms with van der Waals surface area (Å²) >= 11 is 10.1. The van der Waals surface area contributed by atoms with Crippen LogP contribution in [0.25, 0.3) is 6.08 Å². The second-order valence-corrected chi connectivity index (χ2v) is 10.7. The van der Waals surface area contributed by atoms with Crippen LogP contribution in [0.1, 0.15) is 34.0 Å². The lowest BCUT2D eigenvalue weighted by molar-refractivity contribution is -0.123. The molecule has 9 heteroatoms. The predicted molar refractivity (Wildman–Crippen MR) is 155 cm³/mol. The van der Waals surface area contributed by atoms with Gasteiger partial charge in [-0.3, -0.25) is 15.0 Å². The molecule has 0 radical (unpaired) electrons. The van der Waals surface area contributed by atoms with Crippen LogP contribution in [0.4, 0.5) is 0 Å². The summed E-state index contributed by atoms with van der Waals surface area (Å²) in [4.78, 5) is 26.1. The number of hydrogen-bond donors (Lipinski definition) is 1. The van der Waals surface area contributed by atoms with Gasteiger partial charge in [-0.2, -0.15) is 5.01 Å². The molecule has 3 aromatic carbocycles. The van der Waals surface area contributed by atoms with E-state index in [1.165, 1.54) is 5.56 Å². The third-order valence-corrected chi connectivity index (χ3v) is 7.32. The first kappa shape index (κ1) is 26.9. The number of amides is 2. The van der Waals surface area contributed by atoms with Crippen molar-refractivity contribution in [1.29, 1.82) is 0 Å². The van der Waals surface area contributed by atoms with Gasteiger partial charge in [0.1, 0.15) is 0 Å². The standard InChI is InChI=1S/C28H25BrN2O4S2/c1-3-34-23-16-20(15-22(29)25(23)35-14-13-19-7-5-4-6-8-19)17-24-27(33)31(28(36)37-24)30-26(32)21-11-9-18(2)10-12-21/h4-12,15-17H,3,13-14H2,1-2H3,(H,30,32)/b24-17-. The fourth-order valence-electron chi connectivity index (χ4n) is 3.58. The molecule has 0 aromatic heterocycles. The number of aryl methyl sites for hydroxylation is 1. The zero-order valence-electron chi connectivity index (χ0n) is 20.3. The van der Waals surface area contributed by atoms with Gasteiger partial charge >= 0.3 is 0 Å². The zero-order chi connectivity index (χ0) is 26.4. The summed E-state index contributed by atoms with van der Waals surface area (Å²) in [5.41, 5.74) is 6.00. The minimum absolute atomic E-state index is 0.252. The first-order chi connectivity index (χ1) is 17.9. The predicted octanol–water partition coefficient (Wildman–Crippen LogP) is 6.32. The van der Waals surface area contributed by atoms with Gasteiger partial charge in [-0.1, -0.05) is 59.8 Å². The van der Waals surface area contributed by atoms with Crippen molar-refractivity contribution < 1.29 is 19.1 Å². The maximum absolute atomic E-state index is 13.0. The number of ether oxygens (including phenoxy) is 2. The zero-order valence-corrected chi connectivity index (χ0v) is 23.5. The number of hydrogen-bond acceptors (Lipinski definition) is 6. The van der Waals surface area contributed by atoms with Gasteiger partial charge in [-0.05, 0) is 83.5 Å². The van der Waals surface area contributed by atoms with Crippen molar-refractivity contribution >= 4 is 62.1 Å². The Morgan fingerprint density at radius 2 is 1.84 bits per heavy atom. The van der Waals surface area contributed by atoms with Gasteiger partial charge in [-0.15, -0.1) is 0 Å². The van der Waals surface area contributed by atoms with Crippen LogP contribution in [0.15, 0.2) is 76.1 Å². The number of hydrazine groups is 1. The lowest BCUT2D eigenvalue weighted by Gasteiger charge is -2.16. The molecule has 1 N–H and O–H groups in total. The Balaban J connectivity index is 1.49. The smallest absolute Gasteiger partial charge is 0.285 e. The highest BCUT2D eigenvalue weighted by Crippen LogP contribution is 2.39. The van der Waals surface area contributed by atoms with E-state index in [0.29, 0.717) is 39.7 Å². The van der Waals surface area contributed by atoms with E-state index in [-0.39, 0.29) is 4.32 Å². The Morgan fingerprint density at radius 3 is 2.54 bits per heavy atom. The SMILES string of the molecule is CCOc1cc(/C=C2\SC(=S)N(NC(=O)c3ccc(C)cc3)C2=O)cc(Br)c1OCCc1ccccc1. The molecule has 1 fully saturated rings. The summed E-state index contributed by atoms with van der Waals surface area (Å²) in [6.07, 6.45) is 2.48. The topological polar surface area (TPSA) is 67.9 Å². The summed E-state index contributed by atoms with van der Waals surface area (Å²) in [6, 6.07) is 20.9. The molecule has 0 aliphatic carbocycles. The van der Waals surface area contributed by atoms with Crippen molar-refractivity contribution in [2.24, 2.45) is 0 Å². The van der Waals surface area contributed by atoms with Gasteiger partial charge in [0.15, 0.2) is 15.8 Å². The summed E-state index contributed by atoms with van der Waals surface area (Å²) in [6.45, 7) is 4.78. The van der Waals surface area contributed by atoms with Crippen molar-refractivity contribution in [2.75, 3.05) is 13.2 Å². The van der Waals surface area contributed by atoms with Crippen molar-refractivity contribution in [3.8, 4) is 11.5 Å². The third kappa shape index (κ3) is 6.80. The van der Waals surface area contributed by atoms with Crippen LogP contribution >= 0.6 is 39.9 Å². The van der Waals surface area contributed by atoms with E-state index in [1.807, 2.05) is 56.3 Å². The van der Waals surface area contributed by atoms with Gasteiger partial charge in [0.05, 0.1) is 22.6 Å². The molecule has 1 heterocycles. The van der Waals surface area contributed by atoms with Crippen molar-refractivity contribution in [1.82, 2.24) is 10.4 Å². The normalized spacial score (nSPS) is 14.2. The number of rotatable bonds is 9. The van der Waals surface area contributed by atoms with Crippen LogP contribution in [-0.4, -0.2) is 34.4 Å². The molecular weight excluding hydrogens is 572 g/mol. The Kier molecular flexibility index (Phi) is 9.02. The molecule has 1 saturated heterocycles. The Bertz CT molecular complexity index is 1340. The van der Waals surface area contributed by atoms with Gasteiger partial charge in [0.25, 0.3) is 11.8 Å². The highest BCUT2D eigenvalue weighted by molar-refractivity contribution is 9.10. The molecule has 6 nitrogen and oxygen atoms in total. The fourth-order valence-corrected chi connectivity index (χ4v) is 5.33. The lowest BCUT2D eigenvalue weighted by Crippen LogP contribution is -2.44. The maximum Gasteiger partial charge on any atom is 0.285 e. The Labute approximate surface area is 234 Å². The van der Waals surface area contributed by atoms with E-state index in [4.69, 9.17) is 21.7 Å². The highest BCUT2D eigenvalue weighted by Gasteiger charge is 2.34. The maximum atomic E-state index is 13.0. The molecule has 3 aromatic rings. The van der Waals surface area contributed by atoms with E-state index in [9.17, 15) is 9.59 Å². The highest BCUT2D eigenvalue weighted by atomic mass is 79.9. The van der Waals surface area contributed by atoms with E-state index in [0.717, 1.165) is 34.3 Å². The molecule has 0 unspecified atom stereocenters. The van der Waals surface area contributed by atoms with Crippen molar-refractivity contribution in [3.05, 3.63) is 98.4 Å². The van der Waals surface area contributed by atoms with Gasteiger partial charge < -0.3 is 9.47 Å². The van der Waals surface area contributed by atoms with Crippen LogP contribution in [-0.2, 0) is 11.2 Å². The van der Waals surface area contributed by atoms with Crippen molar-refractivity contribution in [3.63, 3.8) is 0 Å². The lowest BCUT2D eigenvalue weighted by atomic mass is 10.1. The number of thioether (sulfide) groups is 1. The summed E-state index contributed by atoms with van der Waals surface area (Å²) < 4.78 is 12.9. The molecule has 0 bridgehead atoms. The Morgan fingerprint density at radius 1 is 1.11 bits per heavy atom. The molecule has 190 valence electrons. The second-order valence-electron chi connectivity index (χ2n) is 8.17. The average Bonchev–Trinajstić information content (AvgIpc) is 3.14. The molecule has 1 aliphatic rings. The molecule has 2 amide bonds. The van der Waals surface area contributed by atoms with Crippen LogP contribution < -0.4 is 14.9 Å². The molecule has 0 saturated carbocycles. The molecule has 0 spiro atoms. The van der Waals surface area contributed by atoms with Crippen LogP contribution in [0.3, 0.4) is 0 Å². The first-order valence-corrected chi connectivity index (χ1v) is 13.7.